The van der Waals surface area contributed by atoms with E-state index >= 15 is 0 Å². The van der Waals surface area contributed by atoms with E-state index in [1.54, 1.807) is 30.3 Å². The maximum absolute atomic E-state index is 9.30. The van der Waals surface area contributed by atoms with Crippen LogP contribution >= 0.6 is 23.2 Å². The number of fused-ring (bicyclic) bond motifs is 1. The van der Waals surface area contributed by atoms with Crippen LogP contribution < -0.4 is 16.4 Å². The first-order valence-electron chi connectivity index (χ1n) is 8.58. The van der Waals surface area contributed by atoms with E-state index in [0.717, 1.165) is 41.9 Å². The second-order valence-electron chi connectivity index (χ2n) is 5.97. The van der Waals surface area contributed by atoms with E-state index in [0.29, 0.717) is 28.0 Å². The molecule has 1 aromatic heterocycles. The Balaban J connectivity index is 0.000000156. The summed E-state index contributed by atoms with van der Waals surface area (Å²) >= 11 is 11.9. The first-order chi connectivity index (χ1) is 13.1. The SMILES string of the molecule is Clc1cccc(Cl)c1N=C1NCCN1.NCCc1c[nH]c2ccc(O)cc12. The van der Waals surface area contributed by atoms with Crippen LogP contribution in [0, 0.1) is 0 Å². The molecule has 1 saturated heterocycles. The number of aromatic nitrogens is 1. The number of guanidine groups is 1. The van der Waals surface area contributed by atoms with E-state index in [-0.39, 0.29) is 0 Å². The van der Waals surface area contributed by atoms with Crippen molar-refractivity contribution < 1.29 is 5.11 Å². The van der Waals surface area contributed by atoms with Gasteiger partial charge in [-0.25, -0.2) is 4.99 Å². The highest BCUT2D eigenvalue weighted by molar-refractivity contribution is 6.38. The van der Waals surface area contributed by atoms with Gasteiger partial charge in [0.2, 0.25) is 0 Å². The van der Waals surface area contributed by atoms with Crippen LogP contribution in [-0.2, 0) is 6.42 Å². The van der Waals surface area contributed by atoms with E-state index in [1.165, 1.54) is 0 Å². The highest BCUT2D eigenvalue weighted by Gasteiger charge is 2.09. The van der Waals surface area contributed by atoms with E-state index < -0.39 is 0 Å². The third-order valence-corrected chi connectivity index (χ3v) is 4.65. The Morgan fingerprint density at radius 2 is 1.78 bits per heavy atom. The van der Waals surface area contributed by atoms with Crippen LogP contribution in [0.3, 0.4) is 0 Å². The Bertz CT molecular complexity index is 926. The number of aromatic amines is 1. The lowest BCUT2D eigenvalue weighted by molar-refractivity contribution is 0.476. The summed E-state index contributed by atoms with van der Waals surface area (Å²) in [6.07, 6.45) is 2.78. The van der Waals surface area contributed by atoms with Crippen molar-refractivity contribution in [1.82, 2.24) is 15.6 Å². The first kappa shape index (κ1) is 19.4. The fraction of sp³-hybridized carbons (Fsp3) is 0.211. The molecule has 3 aromatic rings. The minimum atomic E-state index is 0.297. The Morgan fingerprint density at radius 3 is 2.44 bits per heavy atom. The fourth-order valence-electron chi connectivity index (χ4n) is 2.74. The highest BCUT2D eigenvalue weighted by Crippen LogP contribution is 2.32. The average molecular weight is 406 g/mol. The number of nitrogens with zero attached hydrogens (tertiary/aromatic N) is 1. The molecule has 0 spiro atoms. The molecular weight excluding hydrogens is 385 g/mol. The number of aliphatic imine (C=N–C) groups is 1. The number of rotatable bonds is 3. The molecule has 8 heteroatoms. The number of nitrogens with one attached hydrogen (secondary N) is 3. The second-order valence-corrected chi connectivity index (χ2v) is 6.78. The van der Waals surface area contributed by atoms with Gasteiger partial charge < -0.3 is 26.5 Å². The third kappa shape index (κ3) is 4.86. The van der Waals surface area contributed by atoms with Gasteiger partial charge in [0.15, 0.2) is 5.96 Å². The fourth-order valence-corrected chi connectivity index (χ4v) is 3.22. The maximum Gasteiger partial charge on any atom is 0.196 e. The number of phenols is 1. The summed E-state index contributed by atoms with van der Waals surface area (Å²) in [4.78, 5) is 7.42. The largest absolute Gasteiger partial charge is 0.508 e. The van der Waals surface area contributed by atoms with E-state index in [2.05, 4.69) is 20.6 Å². The predicted molar refractivity (Wildman–Crippen MR) is 112 cm³/mol. The van der Waals surface area contributed by atoms with Crippen molar-refractivity contribution >= 4 is 45.8 Å². The predicted octanol–water partition coefficient (Wildman–Crippen LogP) is 3.55. The molecule has 0 radical (unpaired) electrons. The minimum absolute atomic E-state index is 0.297. The van der Waals surface area contributed by atoms with Crippen molar-refractivity contribution in [3.05, 3.63) is 58.2 Å². The van der Waals surface area contributed by atoms with Gasteiger partial charge in [-0.15, -0.1) is 0 Å². The van der Waals surface area contributed by atoms with Gasteiger partial charge in [-0.05, 0) is 48.9 Å². The quantitative estimate of drug-likeness (QED) is 0.460. The summed E-state index contributed by atoms with van der Waals surface area (Å²) in [7, 11) is 0. The number of phenolic OH excluding ortho intramolecular Hbond substituents is 1. The molecule has 6 nitrogen and oxygen atoms in total. The monoisotopic (exact) mass is 405 g/mol. The zero-order valence-corrected chi connectivity index (χ0v) is 16.1. The number of H-pyrrole nitrogens is 1. The molecule has 0 atom stereocenters. The van der Waals surface area contributed by atoms with Crippen molar-refractivity contribution in [3.8, 4) is 5.75 Å². The third-order valence-electron chi connectivity index (χ3n) is 4.04. The van der Waals surface area contributed by atoms with E-state index in [9.17, 15) is 5.11 Å². The number of hydrogen-bond acceptors (Lipinski definition) is 3. The Kier molecular flexibility index (Phi) is 6.45. The molecule has 6 N–H and O–H groups in total. The molecule has 0 unspecified atom stereocenters. The Hall–Kier alpha value is -2.41. The highest BCUT2D eigenvalue weighted by atomic mass is 35.5. The van der Waals surface area contributed by atoms with Gasteiger partial charge in [0, 0.05) is 30.2 Å². The zero-order valence-electron chi connectivity index (χ0n) is 14.6. The van der Waals surface area contributed by atoms with Crippen molar-refractivity contribution in [2.45, 2.75) is 6.42 Å². The van der Waals surface area contributed by atoms with Crippen LogP contribution in [0.2, 0.25) is 10.0 Å². The van der Waals surface area contributed by atoms with Gasteiger partial charge in [0.25, 0.3) is 0 Å². The molecule has 2 aromatic carbocycles. The van der Waals surface area contributed by atoms with Crippen LogP contribution in [0.4, 0.5) is 5.69 Å². The van der Waals surface area contributed by atoms with Gasteiger partial charge in [-0.3, -0.25) is 0 Å². The molecule has 142 valence electrons. The van der Waals surface area contributed by atoms with Gasteiger partial charge in [-0.2, -0.15) is 0 Å². The van der Waals surface area contributed by atoms with E-state index in [1.807, 2.05) is 12.3 Å². The topological polar surface area (TPSA) is 98.5 Å². The molecule has 1 aliphatic heterocycles. The summed E-state index contributed by atoms with van der Waals surface area (Å²) in [5, 5.41) is 17.6. The smallest absolute Gasteiger partial charge is 0.196 e. The van der Waals surface area contributed by atoms with Crippen molar-refractivity contribution in [2.75, 3.05) is 19.6 Å². The molecule has 0 aliphatic carbocycles. The van der Waals surface area contributed by atoms with Crippen LogP contribution in [0.15, 0.2) is 47.6 Å². The summed E-state index contributed by atoms with van der Waals surface area (Å²) in [5.41, 5.74) is 8.28. The molecule has 2 heterocycles. The van der Waals surface area contributed by atoms with Crippen LogP contribution in [-0.4, -0.2) is 35.7 Å². The van der Waals surface area contributed by atoms with E-state index in [4.69, 9.17) is 28.9 Å². The number of benzene rings is 2. The molecular formula is C19H21Cl2N5O. The molecule has 0 amide bonds. The minimum Gasteiger partial charge on any atom is -0.508 e. The lowest BCUT2D eigenvalue weighted by Gasteiger charge is -2.02. The molecule has 0 bridgehead atoms. The van der Waals surface area contributed by atoms with Gasteiger partial charge >= 0.3 is 0 Å². The molecule has 27 heavy (non-hydrogen) atoms. The second kappa shape index (κ2) is 8.99. The molecule has 4 rings (SSSR count). The molecule has 1 fully saturated rings. The lowest BCUT2D eigenvalue weighted by Crippen LogP contribution is -2.23. The lowest BCUT2D eigenvalue weighted by atomic mass is 10.1. The maximum atomic E-state index is 9.30. The number of para-hydroxylation sites is 1. The summed E-state index contributed by atoms with van der Waals surface area (Å²) in [5.74, 6) is 1.02. The Morgan fingerprint density at radius 1 is 1.07 bits per heavy atom. The summed E-state index contributed by atoms with van der Waals surface area (Å²) in [6, 6.07) is 10.6. The zero-order chi connectivity index (χ0) is 19.2. The standard InChI is InChI=1S/C10H12N2O.C9H9Cl2N3/c11-4-3-7-6-12-10-2-1-8(13)5-9(7)10;10-6-2-1-3-7(11)8(6)14-9-12-4-5-13-9/h1-2,5-6,12-13H,3-4,11H2;1-3H,4-5H2,(H2,12,13,14). The summed E-state index contributed by atoms with van der Waals surface area (Å²) < 4.78 is 0. The van der Waals surface area contributed by atoms with Crippen molar-refractivity contribution in [1.29, 1.82) is 0 Å². The van der Waals surface area contributed by atoms with Crippen LogP contribution in [0.1, 0.15) is 5.56 Å². The number of halogens is 2. The van der Waals surface area contributed by atoms with Crippen molar-refractivity contribution in [3.63, 3.8) is 0 Å². The number of nitrogens with two attached hydrogens (primary N) is 1. The van der Waals surface area contributed by atoms with Gasteiger partial charge in [-0.1, -0.05) is 29.3 Å². The van der Waals surface area contributed by atoms with Crippen LogP contribution in [0.25, 0.3) is 10.9 Å². The normalized spacial score (nSPS) is 12.9. The average Bonchev–Trinajstić information content (AvgIpc) is 3.29. The number of hydrogen-bond donors (Lipinski definition) is 5. The summed E-state index contributed by atoms with van der Waals surface area (Å²) in [6.45, 7) is 2.38. The first-order valence-corrected chi connectivity index (χ1v) is 9.33. The van der Waals surface area contributed by atoms with Gasteiger partial charge in [0.1, 0.15) is 11.4 Å². The number of aromatic hydroxyl groups is 1. The van der Waals surface area contributed by atoms with Gasteiger partial charge in [0.05, 0.1) is 10.0 Å². The van der Waals surface area contributed by atoms with Crippen molar-refractivity contribution in [2.24, 2.45) is 10.7 Å². The molecule has 1 aliphatic rings. The van der Waals surface area contributed by atoms with Crippen LogP contribution in [0.5, 0.6) is 5.75 Å². The molecule has 0 saturated carbocycles. The Labute approximate surface area is 167 Å².